The Labute approximate surface area is 153 Å². The molecule has 140 valence electrons. The molecule has 0 aromatic carbocycles. The second-order valence-electron chi connectivity index (χ2n) is 6.38. The van der Waals surface area contributed by atoms with Crippen molar-refractivity contribution < 1.29 is 13.2 Å². The predicted molar refractivity (Wildman–Crippen MR) is 101 cm³/mol. The van der Waals surface area contributed by atoms with Gasteiger partial charge in [-0.25, -0.2) is 8.42 Å². The van der Waals surface area contributed by atoms with Crippen LogP contribution in [0.2, 0.25) is 0 Å². The molecular weight excluding hydrogens is 360 g/mol. The molecule has 9 heteroatoms. The molecule has 2 saturated heterocycles. The van der Waals surface area contributed by atoms with Gasteiger partial charge in [0.05, 0.1) is 30.8 Å². The number of nitrogens with zero attached hydrogens (tertiary/aromatic N) is 2. The first-order valence-electron chi connectivity index (χ1n) is 8.60. The van der Waals surface area contributed by atoms with E-state index in [4.69, 9.17) is 4.74 Å². The van der Waals surface area contributed by atoms with Crippen molar-refractivity contribution in [3.8, 4) is 0 Å². The molecule has 0 amide bonds. The molecule has 0 bridgehead atoms. The standard InChI is InChI=1S/C16H26N4O3S2/c1-17-16(19-13-4-10-25(21,22)12-13)18-11-14(15-3-2-9-24-15)20-5-7-23-8-6-20/h2-3,9,13-14H,4-8,10-12H2,1H3,(H2,17,18,19). The van der Waals surface area contributed by atoms with E-state index < -0.39 is 9.84 Å². The number of hydrogen-bond donors (Lipinski definition) is 2. The molecule has 25 heavy (non-hydrogen) atoms. The highest BCUT2D eigenvalue weighted by atomic mass is 32.2. The second-order valence-corrected chi connectivity index (χ2v) is 9.58. The normalized spacial score (nSPS) is 25.6. The van der Waals surface area contributed by atoms with E-state index in [0.29, 0.717) is 12.4 Å². The number of sulfone groups is 1. The average molecular weight is 387 g/mol. The van der Waals surface area contributed by atoms with Crippen molar-refractivity contribution in [1.29, 1.82) is 0 Å². The fraction of sp³-hybridized carbons (Fsp3) is 0.688. The molecular formula is C16H26N4O3S2. The lowest BCUT2D eigenvalue weighted by molar-refractivity contribution is 0.0177. The van der Waals surface area contributed by atoms with E-state index in [9.17, 15) is 8.42 Å². The maximum absolute atomic E-state index is 11.6. The van der Waals surface area contributed by atoms with Crippen LogP contribution in [0, 0.1) is 0 Å². The van der Waals surface area contributed by atoms with Gasteiger partial charge in [-0.05, 0) is 17.9 Å². The Morgan fingerprint density at radius 3 is 2.88 bits per heavy atom. The first-order chi connectivity index (χ1) is 12.1. The fourth-order valence-electron chi connectivity index (χ4n) is 3.27. The van der Waals surface area contributed by atoms with Crippen LogP contribution in [-0.4, -0.2) is 76.7 Å². The zero-order valence-corrected chi connectivity index (χ0v) is 16.1. The van der Waals surface area contributed by atoms with E-state index in [1.807, 2.05) is 0 Å². The summed E-state index contributed by atoms with van der Waals surface area (Å²) in [7, 11) is -1.18. The first-order valence-corrected chi connectivity index (χ1v) is 11.3. The first kappa shape index (κ1) is 18.6. The highest BCUT2D eigenvalue weighted by molar-refractivity contribution is 7.91. The van der Waals surface area contributed by atoms with Crippen molar-refractivity contribution in [2.75, 3.05) is 51.4 Å². The molecule has 1 aromatic heterocycles. The van der Waals surface area contributed by atoms with Gasteiger partial charge in [-0.15, -0.1) is 11.3 Å². The minimum Gasteiger partial charge on any atom is -0.379 e. The smallest absolute Gasteiger partial charge is 0.191 e. The Hall–Kier alpha value is -1.16. The summed E-state index contributed by atoms with van der Waals surface area (Å²) in [4.78, 5) is 8.00. The number of morpholine rings is 1. The minimum atomic E-state index is -2.90. The maximum Gasteiger partial charge on any atom is 0.191 e. The molecule has 0 saturated carbocycles. The Morgan fingerprint density at radius 1 is 1.48 bits per heavy atom. The van der Waals surface area contributed by atoms with Crippen molar-refractivity contribution in [2.45, 2.75) is 18.5 Å². The van der Waals surface area contributed by atoms with Gasteiger partial charge in [-0.3, -0.25) is 9.89 Å². The van der Waals surface area contributed by atoms with Gasteiger partial charge in [0, 0.05) is 37.6 Å². The third-order valence-corrected chi connectivity index (χ3v) is 7.36. The second kappa shape index (κ2) is 8.48. The topological polar surface area (TPSA) is 83.0 Å². The third-order valence-electron chi connectivity index (χ3n) is 4.62. The van der Waals surface area contributed by atoms with Gasteiger partial charge in [-0.1, -0.05) is 6.07 Å². The van der Waals surface area contributed by atoms with Crippen LogP contribution < -0.4 is 10.6 Å². The summed E-state index contributed by atoms with van der Waals surface area (Å²) in [5, 5.41) is 8.72. The van der Waals surface area contributed by atoms with Crippen LogP contribution in [0.5, 0.6) is 0 Å². The van der Waals surface area contributed by atoms with Crippen molar-refractivity contribution in [1.82, 2.24) is 15.5 Å². The molecule has 3 rings (SSSR count). The Morgan fingerprint density at radius 2 is 2.28 bits per heavy atom. The van der Waals surface area contributed by atoms with Gasteiger partial charge in [0.25, 0.3) is 0 Å². The van der Waals surface area contributed by atoms with Gasteiger partial charge in [0.15, 0.2) is 15.8 Å². The highest BCUT2D eigenvalue weighted by Gasteiger charge is 2.29. The number of ether oxygens (including phenoxy) is 1. The molecule has 3 heterocycles. The number of rotatable bonds is 5. The molecule has 0 radical (unpaired) electrons. The van der Waals surface area contributed by atoms with Crippen molar-refractivity contribution >= 4 is 27.1 Å². The predicted octanol–water partition coefficient (Wildman–Crippen LogP) is 0.474. The Kier molecular flexibility index (Phi) is 6.32. The largest absolute Gasteiger partial charge is 0.379 e. The summed E-state index contributed by atoms with van der Waals surface area (Å²) in [5.41, 5.74) is 0. The van der Waals surface area contributed by atoms with Crippen molar-refractivity contribution in [2.24, 2.45) is 4.99 Å². The van der Waals surface area contributed by atoms with Gasteiger partial charge < -0.3 is 15.4 Å². The SMILES string of the molecule is CN=C(NCC(c1cccs1)N1CCOCC1)NC1CCS(=O)(=O)C1. The molecule has 2 fully saturated rings. The molecule has 2 N–H and O–H groups in total. The summed E-state index contributed by atoms with van der Waals surface area (Å²) < 4.78 is 28.7. The van der Waals surface area contributed by atoms with Gasteiger partial charge in [0.2, 0.25) is 0 Å². The Bertz CT molecular complexity index is 670. The van der Waals surface area contributed by atoms with Crippen LogP contribution in [-0.2, 0) is 14.6 Å². The lowest BCUT2D eigenvalue weighted by atomic mass is 10.2. The zero-order chi connectivity index (χ0) is 17.7. The van der Waals surface area contributed by atoms with Crippen LogP contribution >= 0.6 is 11.3 Å². The Balaban J connectivity index is 1.59. The average Bonchev–Trinajstić information content (AvgIpc) is 3.25. The van der Waals surface area contributed by atoms with E-state index in [1.165, 1.54) is 4.88 Å². The molecule has 0 spiro atoms. The van der Waals surface area contributed by atoms with Crippen molar-refractivity contribution in [3.05, 3.63) is 22.4 Å². The summed E-state index contributed by atoms with van der Waals surface area (Å²) in [5.74, 6) is 1.11. The third kappa shape index (κ3) is 5.16. The fourth-order valence-corrected chi connectivity index (χ4v) is 5.80. The molecule has 2 unspecified atom stereocenters. The molecule has 2 aliphatic heterocycles. The molecule has 7 nitrogen and oxygen atoms in total. The van der Waals surface area contributed by atoms with E-state index >= 15 is 0 Å². The van der Waals surface area contributed by atoms with Crippen LogP contribution in [0.3, 0.4) is 0 Å². The van der Waals surface area contributed by atoms with Crippen LogP contribution in [0.15, 0.2) is 22.5 Å². The minimum absolute atomic E-state index is 0.0558. The van der Waals surface area contributed by atoms with E-state index in [2.05, 4.69) is 38.0 Å². The molecule has 2 atom stereocenters. The lowest BCUT2D eigenvalue weighted by Crippen LogP contribution is -2.48. The van der Waals surface area contributed by atoms with Crippen molar-refractivity contribution in [3.63, 3.8) is 0 Å². The number of aliphatic imine (C=N–C) groups is 1. The summed E-state index contributed by atoms with van der Waals surface area (Å²) in [6.45, 7) is 4.07. The summed E-state index contributed by atoms with van der Waals surface area (Å²) in [6.07, 6.45) is 0.640. The van der Waals surface area contributed by atoms with Gasteiger partial charge >= 0.3 is 0 Å². The van der Waals surface area contributed by atoms with E-state index in [1.54, 1.807) is 18.4 Å². The lowest BCUT2D eigenvalue weighted by Gasteiger charge is -2.34. The zero-order valence-electron chi connectivity index (χ0n) is 14.5. The quantitative estimate of drug-likeness (QED) is 0.566. The van der Waals surface area contributed by atoms with Gasteiger partial charge in [-0.2, -0.15) is 0 Å². The molecule has 1 aromatic rings. The van der Waals surface area contributed by atoms with Gasteiger partial charge in [0.1, 0.15) is 0 Å². The van der Waals surface area contributed by atoms with Crippen LogP contribution in [0.25, 0.3) is 0 Å². The van der Waals surface area contributed by atoms with E-state index in [-0.39, 0.29) is 23.6 Å². The number of thiophene rings is 1. The molecule has 0 aliphatic carbocycles. The highest BCUT2D eigenvalue weighted by Crippen LogP contribution is 2.25. The molecule has 2 aliphatic rings. The van der Waals surface area contributed by atoms with E-state index in [0.717, 1.165) is 32.8 Å². The van der Waals surface area contributed by atoms with Crippen LogP contribution in [0.1, 0.15) is 17.3 Å². The number of hydrogen-bond acceptors (Lipinski definition) is 6. The summed E-state index contributed by atoms with van der Waals surface area (Å²) in [6, 6.07) is 4.44. The maximum atomic E-state index is 11.6. The number of nitrogens with one attached hydrogen (secondary N) is 2. The monoisotopic (exact) mass is 386 g/mol. The number of guanidine groups is 1. The van der Waals surface area contributed by atoms with Crippen LogP contribution in [0.4, 0.5) is 0 Å². The summed E-state index contributed by atoms with van der Waals surface area (Å²) >= 11 is 1.75.